The van der Waals surface area contributed by atoms with E-state index in [1.54, 1.807) is 30.0 Å². The molecule has 2 N–H and O–H groups in total. The summed E-state index contributed by atoms with van der Waals surface area (Å²) >= 11 is 0. The zero-order valence-corrected chi connectivity index (χ0v) is 14.6. The Morgan fingerprint density at radius 3 is 2.96 bits per heavy atom. The van der Waals surface area contributed by atoms with Crippen molar-refractivity contribution >= 4 is 22.9 Å². The number of aryl methyl sites for hydroxylation is 2. The zero-order valence-electron chi connectivity index (χ0n) is 14.6. The van der Waals surface area contributed by atoms with Crippen LogP contribution < -0.4 is 10.6 Å². The maximum absolute atomic E-state index is 12.4. The van der Waals surface area contributed by atoms with E-state index >= 15 is 0 Å². The number of nitrogens with one attached hydrogen (secondary N) is 2. The first-order valence-corrected chi connectivity index (χ1v) is 8.82. The standard InChI is InChI=1S/C20H21N3O3/c1-23-16-9-10-26-18(16)11-17(23)20(25)21-12-19(24)22-15-8-4-6-13-5-2-3-7-14(13)15/h2-3,5,7,9-11,15H,4,6,8,12H2,1H3,(H,21,25)(H,22,24). The maximum Gasteiger partial charge on any atom is 0.268 e. The lowest BCUT2D eigenvalue weighted by Crippen LogP contribution is -2.39. The highest BCUT2D eigenvalue weighted by Gasteiger charge is 2.22. The summed E-state index contributed by atoms with van der Waals surface area (Å²) < 4.78 is 7.06. The number of furan rings is 1. The monoisotopic (exact) mass is 351 g/mol. The maximum atomic E-state index is 12.4. The highest BCUT2D eigenvalue weighted by molar-refractivity contribution is 5.99. The van der Waals surface area contributed by atoms with Crippen molar-refractivity contribution in [3.63, 3.8) is 0 Å². The molecule has 3 aromatic rings. The molecule has 4 rings (SSSR count). The summed E-state index contributed by atoms with van der Waals surface area (Å²) in [6, 6.07) is 11.7. The third-order valence-electron chi connectivity index (χ3n) is 5.01. The summed E-state index contributed by atoms with van der Waals surface area (Å²) in [6.07, 6.45) is 4.61. The molecule has 1 atom stereocenters. The van der Waals surface area contributed by atoms with Gasteiger partial charge in [0.2, 0.25) is 5.91 Å². The molecule has 134 valence electrons. The van der Waals surface area contributed by atoms with E-state index in [0.717, 1.165) is 24.8 Å². The van der Waals surface area contributed by atoms with Crippen LogP contribution in [0.15, 0.2) is 47.1 Å². The third-order valence-corrected chi connectivity index (χ3v) is 5.01. The zero-order chi connectivity index (χ0) is 18.1. The second kappa shape index (κ2) is 6.71. The van der Waals surface area contributed by atoms with Gasteiger partial charge in [-0.05, 0) is 30.4 Å². The van der Waals surface area contributed by atoms with Crippen LogP contribution in [-0.2, 0) is 18.3 Å². The first kappa shape index (κ1) is 16.4. The minimum atomic E-state index is -0.293. The fraction of sp³-hybridized carbons (Fsp3) is 0.300. The Balaban J connectivity index is 1.38. The number of carbonyl (C=O) groups excluding carboxylic acids is 2. The molecule has 1 aliphatic carbocycles. The van der Waals surface area contributed by atoms with Gasteiger partial charge in [-0.1, -0.05) is 24.3 Å². The van der Waals surface area contributed by atoms with Gasteiger partial charge in [0.25, 0.3) is 5.91 Å². The number of aromatic nitrogens is 1. The van der Waals surface area contributed by atoms with E-state index in [9.17, 15) is 9.59 Å². The van der Waals surface area contributed by atoms with Crippen LogP contribution in [0.3, 0.4) is 0 Å². The molecule has 0 spiro atoms. The molecule has 6 nitrogen and oxygen atoms in total. The molecule has 1 unspecified atom stereocenters. The molecule has 26 heavy (non-hydrogen) atoms. The van der Waals surface area contributed by atoms with Crippen molar-refractivity contribution in [2.75, 3.05) is 6.54 Å². The van der Waals surface area contributed by atoms with Gasteiger partial charge in [0.1, 0.15) is 5.69 Å². The number of rotatable bonds is 4. The Morgan fingerprint density at radius 1 is 1.27 bits per heavy atom. The summed E-state index contributed by atoms with van der Waals surface area (Å²) in [6.45, 7) is -0.0515. The molecular weight excluding hydrogens is 330 g/mol. The van der Waals surface area contributed by atoms with Crippen LogP contribution in [-0.4, -0.2) is 22.9 Å². The average molecular weight is 351 g/mol. The number of hydrogen-bond acceptors (Lipinski definition) is 3. The minimum Gasteiger partial charge on any atom is -0.463 e. The number of fused-ring (bicyclic) bond motifs is 2. The van der Waals surface area contributed by atoms with Crippen molar-refractivity contribution < 1.29 is 14.0 Å². The highest BCUT2D eigenvalue weighted by Crippen LogP contribution is 2.29. The summed E-state index contributed by atoms with van der Waals surface area (Å²) in [5.41, 5.74) is 4.44. The predicted octanol–water partition coefficient (Wildman–Crippen LogP) is 2.69. The fourth-order valence-electron chi connectivity index (χ4n) is 3.67. The summed E-state index contributed by atoms with van der Waals surface area (Å²) in [4.78, 5) is 24.7. The van der Waals surface area contributed by atoms with Crippen molar-refractivity contribution in [3.05, 3.63) is 59.5 Å². The number of amides is 2. The molecule has 1 aliphatic rings. The molecule has 0 fully saturated rings. The Bertz CT molecular complexity index is 970. The van der Waals surface area contributed by atoms with Gasteiger partial charge in [-0.2, -0.15) is 0 Å². The van der Waals surface area contributed by atoms with Crippen molar-refractivity contribution in [1.82, 2.24) is 15.2 Å². The molecule has 2 amide bonds. The van der Waals surface area contributed by atoms with E-state index in [1.807, 2.05) is 12.1 Å². The summed E-state index contributed by atoms with van der Waals surface area (Å²) in [7, 11) is 1.80. The highest BCUT2D eigenvalue weighted by atomic mass is 16.3. The van der Waals surface area contributed by atoms with E-state index in [2.05, 4.69) is 22.8 Å². The third kappa shape index (κ3) is 2.98. The lowest BCUT2D eigenvalue weighted by molar-refractivity contribution is -0.121. The molecule has 2 aromatic heterocycles. The van der Waals surface area contributed by atoms with Crippen LogP contribution in [0.4, 0.5) is 0 Å². The van der Waals surface area contributed by atoms with Crippen LogP contribution in [0.5, 0.6) is 0 Å². The first-order chi connectivity index (χ1) is 12.6. The van der Waals surface area contributed by atoms with Gasteiger partial charge in [-0.25, -0.2) is 0 Å². The van der Waals surface area contributed by atoms with Crippen molar-refractivity contribution in [2.24, 2.45) is 7.05 Å². The van der Waals surface area contributed by atoms with E-state index in [4.69, 9.17) is 4.42 Å². The lowest BCUT2D eigenvalue weighted by atomic mass is 9.88. The lowest BCUT2D eigenvalue weighted by Gasteiger charge is -2.26. The molecule has 6 heteroatoms. The summed E-state index contributed by atoms with van der Waals surface area (Å²) in [5.74, 6) is -0.476. The molecular formula is C20H21N3O3. The van der Waals surface area contributed by atoms with Gasteiger partial charge < -0.3 is 19.6 Å². The van der Waals surface area contributed by atoms with Crippen molar-refractivity contribution in [2.45, 2.75) is 25.3 Å². The number of carbonyl (C=O) groups is 2. The second-order valence-electron chi connectivity index (χ2n) is 6.65. The quantitative estimate of drug-likeness (QED) is 0.759. The van der Waals surface area contributed by atoms with Crippen LogP contribution in [0.2, 0.25) is 0 Å². The molecule has 1 aromatic carbocycles. The van der Waals surface area contributed by atoms with Gasteiger partial charge >= 0.3 is 0 Å². The number of benzene rings is 1. The Hall–Kier alpha value is -3.02. The Kier molecular flexibility index (Phi) is 4.24. The van der Waals surface area contributed by atoms with Crippen LogP contribution in [0.25, 0.3) is 11.1 Å². The molecule has 2 heterocycles. The normalized spacial score (nSPS) is 16.3. The fourth-order valence-corrected chi connectivity index (χ4v) is 3.67. The van der Waals surface area contributed by atoms with E-state index in [-0.39, 0.29) is 24.4 Å². The number of nitrogens with zero attached hydrogens (tertiary/aromatic N) is 1. The van der Waals surface area contributed by atoms with Gasteiger partial charge in [0.15, 0.2) is 5.58 Å². The smallest absolute Gasteiger partial charge is 0.268 e. The summed E-state index contributed by atoms with van der Waals surface area (Å²) in [5, 5.41) is 5.73. The van der Waals surface area contributed by atoms with Crippen LogP contribution in [0.1, 0.15) is 40.5 Å². The van der Waals surface area contributed by atoms with Gasteiger partial charge in [-0.15, -0.1) is 0 Å². The molecule has 0 radical (unpaired) electrons. The van der Waals surface area contributed by atoms with Gasteiger partial charge in [-0.3, -0.25) is 9.59 Å². The molecule has 0 aliphatic heterocycles. The van der Waals surface area contributed by atoms with Crippen LogP contribution >= 0.6 is 0 Å². The minimum absolute atomic E-state index is 0.0155. The Labute approximate surface area is 151 Å². The topological polar surface area (TPSA) is 76.3 Å². The van der Waals surface area contributed by atoms with Gasteiger partial charge in [0.05, 0.1) is 24.4 Å². The van der Waals surface area contributed by atoms with Crippen molar-refractivity contribution in [1.29, 1.82) is 0 Å². The van der Waals surface area contributed by atoms with E-state index in [1.165, 1.54) is 11.1 Å². The number of hydrogen-bond donors (Lipinski definition) is 2. The molecule has 0 saturated heterocycles. The van der Waals surface area contributed by atoms with E-state index < -0.39 is 0 Å². The largest absolute Gasteiger partial charge is 0.463 e. The SMILES string of the molecule is Cn1c(C(=O)NCC(=O)NC2CCCc3ccccc32)cc2occc21. The van der Waals surface area contributed by atoms with Gasteiger partial charge in [0, 0.05) is 19.2 Å². The predicted molar refractivity (Wildman–Crippen MR) is 97.8 cm³/mol. The van der Waals surface area contributed by atoms with E-state index in [0.29, 0.717) is 11.3 Å². The first-order valence-electron chi connectivity index (χ1n) is 8.82. The molecule has 0 bridgehead atoms. The second-order valence-corrected chi connectivity index (χ2v) is 6.65. The molecule has 0 saturated carbocycles. The average Bonchev–Trinajstić information content (AvgIpc) is 3.23. The van der Waals surface area contributed by atoms with Crippen molar-refractivity contribution in [3.8, 4) is 0 Å². The Morgan fingerprint density at radius 2 is 2.12 bits per heavy atom. The van der Waals surface area contributed by atoms with Crippen LogP contribution in [0, 0.1) is 0 Å².